The highest BCUT2D eigenvalue weighted by atomic mass is 19.1. The minimum absolute atomic E-state index is 0.0265. The molecule has 21 heavy (non-hydrogen) atoms. The number of hydrogen-bond donors (Lipinski definition) is 1. The molecule has 0 radical (unpaired) electrons. The number of hydrogen-bond acceptors (Lipinski definition) is 3. The maximum Gasteiger partial charge on any atom is 0.266 e. The molecule has 0 saturated carbocycles. The first kappa shape index (κ1) is 14.3. The molecule has 4 nitrogen and oxygen atoms in total. The Kier molecular flexibility index (Phi) is 4.67. The fourth-order valence-corrected chi connectivity index (χ4v) is 1.54. The Balaban J connectivity index is 2.09. The number of halogens is 1. The van der Waals surface area contributed by atoms with Gasteiger partial charge >= 0.3 is 0 Å². The smallest absolute Gasteiger partial charge is 0.266 e. The van der Waals surface area contributed by atoms with Crippen LogP contribution in [0.4, 0.5) is 10.1 Å². The summed E-state index contributed by atoms with van der Waals surface area (Å²) in [7, 11) is 0. The number of furan rings is 1. The molecule has 5 heteroatoms. The molecule has 0 aliphatic rings. The SMILES string of the molecule is N#C/C(=C/C=C/c1ccco1)C(=O)Nc1ccccc1F. The second-order valence-electron chi connectivity index (χ2n) is 4.00. The average molecular weight is 282 g/mol. The first-order chi connectivity index (χ1) is 10.2. The third kappa shape index (κ3) is 3.91. The van der Waals surface area contributed by atoms with Crippen LogP contribution in [-0.2, 0) is 4.79 Å². The van der Waals surface area contributed by atoms with Crippen LogP contribution >= 0.6 is 0 Å². The highest BCUT2D eigenvalue weighted by molar-refractivity contribution is 6.06. The quantitative estimate of drug-likeness (QED) is 0.530. The molecule has 1 N–H and O–H groups in total. The molecular weight excluding hydrogens is 271 g/mol. The second-order valence-corrected chi connectivity index (χ2v) is 4.00. The summed E-state index contributed by atoms with van der Waals surface area (Å²) in [5.74, 6) is -0.640. The van der Waals surface area contributed by atoms with Gasteiger partial charge in [0.25, 0.3) is 5.91 Å². The molecule has 0 unspecified atom stereocenters. The second kappa shape index (κ2) is 6.87. The Morgan fingerprint density at radius 2 is 2.10 bits per heavy atom. The lowest BCUT2D eigenvalue weighted by atomic mass is 10.2. The zero-order valence-corrected chi connectivity index (χ0v) is 10.9. The van der Waals surface area contributed by atoms with Crippen molar-refractivity contribution in [2.24, 2.45) is 0 Å². The monoisotopic (exact) mass is 282 g/mol. The number of nitrogens with one attached hydrogen (secondary N) is 1. The molecule has 0 bridgehead atoms. The molecule has 104 valence electrons. The summed E-state index contributed by atoms with van der Waals surface area (Å²) in [5, 5.41) is 11.3. The predicted molar refractivity (Wildman–Crippen MR) is 76.5 cm³/mol. The van der Waals surface area contributed by atoms with Gasteiger partial charge < -0.3 is 9.73 Å². The number of para-hydroxylation sites is 1. The van der Waals surface area contributed by atoms with E-state index in [-0.39, 0.29) is 11.3 Å². The number of benzene rings is 1. The lowest BCUT2D eigenvalue weighted by molar-refractivity contribution is -0.112. The van der Waals surface area contributed by atoms with Crippen LogP contribution in [0, 0.1) is 17.1 Å². The summed E-state index contributed by atoms with van der Waals surface area (Å²) in [4.78, 5) is 11.9. The standard InChI is InChI=1S/C16H11FN2O2/c17-14-8-1-2-9-15(14)19-16(20)12(11-18)5-3-6-13-7-4-10-21-13/h1-10H,(H,19,20)/b6-3+,12-5-. The van der Waals surface area contributed by atoms with E-state index in [2.05, 4.69) is 5.32 Å². The van der Waals surface area contributed by atoms with Gasteiger partial charge in [-0.1, -0.05) is 18.2 Å². The van der Waals surface area contributed by atoms with Crippen LogP contribution in [0.2, 0.25) is 0 Å². The van der Waals surface area contributed by atoms with Crippen molar-refractivity contribution in [3.8, 4) is 6.07 Å². The van der Waals surface area contributed by atoms with Gasteiger partial charge in [0.05, 0.1) is 12.0 Å². The molecule has 0 aliphatic heterocycles. The summed E-state index contributed by atoms with van der Waals surface area (Å²) in [6, 6.07) is 11.0. The van der Waals surface area contributed by atoms with Crippen molar-refractivity contribution >= 4 is 17.7 Å². The molecule has 1 aromatic heterocycles. The Morgan fingerprint density at radius 3 is 2.76 bits per heavy atom. The number of carbonyl (C=O) groups excluding carboxylic acids is 1. The molecule has 0 spiro atoms. The maximum atomic E-state index is 13.4. The molecule has 0 fully saturated rings. The van der Waals surface area contributed by atoms with Crippen molar-refractivity contribution < 1.29 is 13.6 Å². The van der Waals surface area contributed by atoms with Gasteiger partial charge in [-0.25, -0.2) is 4.39 Å². The van der Waals surface area contributed by atoms with E-state index in [1.165, 1.54) is 36.6 Å². The highest BCUT2D eigenvalue weighted by Gasteiger charge is 2.10. The van der Waals surface area contributed by atoms with E-state index in [0.29, 0.717) is 5.76 Å². The summed E-state index contributed by atoms with van der Waals surface area (Å²) >= 11 is 0. The molecule has 2 aromatic rings. The number of allylic oxidation sites excluding steroid dienone is 2. The number of anilines is 1. The topological polar surface area (TPSA) is 66.0 Å². The Morgan fingerprint density at radius 1 is 1.29 bits per heavy atom. The number of nitriles is 1. The van der Waals surface area contributed by atoms with E-state index in [1.807, 2.05) is 0 Å². The average Bonchev–Trinajstić information content (AvgIpc) is 2.99. The van der Waals surface area contributed by atoms with Gasteiger partial charge in [-0.3, -0.25) is 4.79 Å². The molecule has 1 heterocycles. The van der Waals surface area contributed by atoms with Gasteiger partial charge in [-0.15, -0.1) is 0 Å². The van der Waals surface area contributed by atoms with Crippen molar-refractivity contribution in [1.29, 1.82) is 5.26 Å². The number of carbonyl (C=O) groups is 1. The van der Waals surface area contributed by atoms with Crippen LogP contribution in [0.25, 0.3) is 6.08 Å². The van der Waals surface area contributed by atoms with Crippen LogP contribution in [0.5, 0.6) is 0 Å². The van der Waals surface area contributed by atoms with Gasteiger partial charge in [-0.2, -0.15) is 5.26 Å². The highest BCUT2D eigenvalue weighted by Crippen LogP contribution is 2.13. The fraction of sp³-hybridized carbons (Fsp3) is 0. The van der Waals surface area contributed by atoms with E-state index in [4.69, 9.17) is 9.68 Å². The minimum atomic E-state index is -0.674. The maximum absolute atomic E-state index is 13.4. The lowest BCUT2D eigenvalue weighted by Gasteiger charge is -2.04. The number of amides is 1. The van der Waals surface area contributed by atoms with Crippen molar-refractivity contribution in [2.75, 3.05) is 5.32 Å². The van der Waals surface area contributed by atoms with Gasteiger partial charge in [0.1, 0.15) is 23.2 Å². The normalized spacial score (nSPS) is 11.3. The number of rotatable bonds is 4. The van der Waals surface area contributed by atoms with Crippen molar-refractivity contribution in [3.63, 3.8) is 0 Å². The van der Waals surface area contributed by atoms with Gasteiger partial charge in [0.2, 0.25) is 0 Å². The van der Waals surface area contributed by atoms with Crippen LogP contribution in [0.15, 0.2) is 64.8 Å². The summed E-state index contributed by atoms with van der Waals surface area (Å²) in [5.41, 5.74) is -0.111. The largest absolute Gasteiger partial charge is 0.465 e. The van der Waals surface area contributed by atoms with Gasteiger partial charge in [0.15, 0.2) is 0 Å². The van der Waals surface area contributed by atoms with Gasteiger partial charge in [0, 0.05) is 0 Å². The molecule has 1 aromatic carbocycles. The summed E-state index contributed by atoms with van der Waals surface area (Å²) in [6.07, 6.45) is 5.96. The molecule has 1 amide bonds. The van der Waals surface area contributed by atoms with E-state index in [1.54, 1.807) is 30.3 Å². The first-order valence-electron chi connectivity index (χ1n) is 6.08. The first-order valence-corrected chi connectivity index (χ1v) is 6.08. The molecular formula is C16H11FN2O2. The van der Waals surface area contributed by atoms with E-state index in [0.717, 1.165) is 0 Å². The van der Waals surface area contributed by atoms with Gasteiger partial charge in [-0.05, 0) is 36.4 Å². The zero-order chi connectivity index (χ0) is 15.1. The molecule has 2 rings (SSSR count). The Hall–Kier alpha value is -3.13. The molecule has 0 saturated heterocycles. The Labute approximate surface area is 120 Å². The lowest BCUT2D eigenvalue weighted by Crippen LogP contribution is -2.14. The third-order valence-corrected chi connectivity index (χ3v) is 2.55. The molecule has 0 aliphatic carbocycles. The zero-order valence-electron chi connectivity index (χ0n) is 10.9. The number of nitrogens with zero attached hydrogens (tertiary/aromatic N) is 1. The van der Waals surface area contributed by atoms with Crippen LogP contribution in [0.1, 0.15) is 5.76 Å². The van der Waals surface area contributed by atoms with Crippen LogP contribution in [0.3, 0.4) is 0 Å². The predicted octanol–water partition coefficient (Wildman–Crippen LogP) is 3.52. The van der Waals surface area contributed by atoms with Crippen molar-refractivity contribution in [1.82, 2.24) is 0 Å². The Bertz CT molecular complexity index is 725. The van der Waals surface area contributed by atoms with E-state index in [9.17, 15) is 9.18 Å². The van der Waals surface area contributed by atoms with E-state index < -0.39 is 11.7 Å². The summed E-state index contributed by atoms with van der Waals surface area (Å²) in [6.45, 7) is 0. The molecule has 0 atom stereocenters. The van der Waals surface area contributed by atoms with Crippen molar-refractivity contribution in [3.05, 3.63) is 72.0 Å². The minimum Gasteiger partial charge on any atom is -0.465 e. The fourth-order valence-electron chi connectivity index (χ4n) is 1.54. The summed E-state index contributed by atoms with van der Waals surface area (Å²) < 4.78 is 18.5. The van der Waals surface area contributed by atoms with Crippen LogP contribution in [-0.4, -0.2) is 5.91 Å². The van der Waals surface area contributed by atoms with E-state index >= 15 is 0 Å². The van der Waals surface area contributed by atoms with Crippen molar-refractivity contribution in [2.45, 2.75) is 0 Å². The third-order valence-electron chi connectivity index (χ3n) is 2.55. The van der Waals surface area contributed by atoms with Crippen LogP contribution < -0.4 is 5.32 Å².